The molecule has 102 valence electrons. The van der Waals surface area contributed by atoms with Crippen LogP contribution in [0.5, 0.6) is 0 Å². The van der Waals surface area contributed by atoms with Crippen molar-refractivity contribution in [3.63, 3.8) is 0 Å². The second-order valence-corrected chi connectivity index (χ2v) is 5.06. The maximum Gasteiger partial charge on any atom is 0.268 e. The van der Waals surface area contributed by atoms with Crippen LogP contribution < -0.4 is 11.3 Å². The number of nitrogens with two attached hydrogens (primary N) is 1. The van der Waals surface area contributed by atoms with Crippen LogP contribution in [-0.4, -0.2) is 29.3 Å². The molecule has 3 rings (SSSR count). The summed E-state index contributed by atoms with van der Waals surface area (Å²) in [6, 6.07) is 0. The highest BCUT2D eigenvalue weighted by Crippen LogP contribution is 2.16. The summed E-state index contributed by atoms with van der Waals surface area (Å²) >= 11 is 3.14. The van der Waals surface area contributed by atoms with Gasteiger partial charge in [-0.15, -0.1) is 0 Å². The maximum absolute atomic E-state index is 11.9. The fourth-order valence-corrected chi connectivity index (χ4v) is 2.20. The van der Waals surface area contributed by atoms with Crippen molar-refractivity contribution in [2.24, 2.45) is 7.05 Å². The maximum atomic E-state index is 11.9. The van der Waals surface area contributed by atoms with Gasteiger partial charge in [-0.25, -0.2) is 15.0 Å². The van der Waals surface area contributed by atoms with Crippen LogP contribution in [0, 0.1) is 0 Å². The SMILES string of the molecule is Cn1ncc2c(N)nc(Cn3cncc(Br)c3=O)nc21. The Morgan fingerprint density at radius 3 is 2.95 bits per heavy atom. The van der Waals surface area contributed by atoms with Gasteiger partial charge in [-0.2, -0.15) is 5.10 Å². The lowest BCUT2D eigenvalue weighted by Gasteiger charge is -2.06. The highest BCUT2D eigenvalue weighted by Gasteiger charge is 2.10. The topological polar surface area (TPSA) is 105 Å². The first-order valence-electron chi connectivity index (χ1n) is 5.70. The van der Waals surface area contributed by atoms with Gasteiger partial charge >= 0.3 is 0 Å². The van der Waals surface area contributed by atoms with E-state index in [4.69, 9.17) is 5.73 Å². The van der Waals surface area contributed by atoms with Crippen molar-refractivity contribution in [2.45, 2.75) is 6.54 Å². The average molecular weight is 336 g/mol. The minimum Gasteiger partial charge on any atom is -0.383 e. The van der Waals surface area contributed by atoms with E-state index < -0.39 is 0 Å². The monoisotopic (exact) mass is 335 g/mol. The molecule has 0 bridgehead atoms. The smallest absolute Gasteiger partial charge is 0.268 e. The fourth-order valence-electron chi connectivity index (χ4n) is 1.85. The van der Waals surface area contributed by atoms with E-state index >= 15 is 0 Å². The lowest BCUT2D eigenvalue weighted by Crippen LogP contribution is -2.22. The normalized spacial score (nSPS) is 11.1. The largest absolute Gasteiger partial charge is 0.383 e. The Balaban J connectivity index is 2.09. The number of nitrogen functional groups attached to an aromatic ring is 1. The van der Waals surface area contributed by atoms with Crippen LogP contribution in [0.4, 0.5) is 5.82 Å². The van der Waals surface area contributed by atoms with Gasteiger partial charge in [0.1, 0.15) is 10.3 Å². The molecule has 0 saturated heterocycles. The molecule has 8 nitrogen and oxygen atoms in total. The Hall–Kier alpha value is -2.29. The average Bonchev–Trinajstić information content (AvgIpc) is 2.78. The summed E-state index contributed by atoms with van der Waals surface area (Å²) in [7, 11) is 1.77. The van der Waals surface area contributed by atoms with Gasteiger partial charge in [0.25, 0.3) is 5.56 Å². The molecule has 0 unspecified atom stereocenters. The van der Waals surface area contributed by atoms with Gasteiger partial charge < -0.3 is 5.73 Å². The first kappa shape index (κ1) is 12.7. The molecule has 2 N–H and O–H groups in total. The molecular weight excluding hydrogens is 326 g/mol. The molecule has 0 fully saturated rings. The molecule has 0 aliphatic heterocycles. The molecule has 0 amide bonds. The minimum atomic E-state index is -0.202. The van der Waals surface area contributed by atoms with Gasteiger partial charge in [-0.3, -0.25) is 14.0 Å². The number of aryl methyl sites for hydroxylation is 1. The molecule has 3 aromatic rings. The number of fused-ring (bicyclic) bond motifs is 1. The first-order chi connectivity index (χ1) is 9.56. The summed E-state index contributed by atoms with van der Waals surface area (Å²) in [6.07, 6.45) is 4.49. The van der Waals surface area contributed by atoms with Crippen molar-refractivity contribution in [1.82, 2.24) is 29.3 Å². The quantitative estimate of drug-likeness (QED) is 0.722. The van der Waals surface area contributed by atoms with E-state index in [1.54, 1.807) is 17.9 Å². The number of anilines is 1. The molecule has 20 heavy (non-hydrogen) atoms. The van der Waals surface area contributed by atoms with Crippen molar-refractivity contribution in [2.75, 3.05) is 5.73 Å². The molecular formula is C11H10BrN7O. The van der Waals surface area contributed by atoms with Crippen LogP contribution in [-0.2, 0) is 13.6 Å². The molecule has 9 heteroatoms. The number of hydrogen-bond acceptors (Lipinski definition) is 6. The van der Waals surface area contributed by atoms with Crippen LogP contribution in [0.3, 0.4) is 0 Å². The fraction of sp³-hybridized carbons (Fsp3) is 0.182. The lowest BCUT2D eigenvalue weighted by molar-refractivity contribution is 0.692. The van der Waals surface area contributed by atoms with Crippen molar-refractivity contribution >= 4 is 32.8 Å². The molecule has 3 aromatic heterocycles. The Morgan fingerprint density at radius 2 is 2.15 bits per heavy atom. The van der Waals surface area contributed by atoms with E-state index in [-0.39, 0.29) is 12.1 Å². The summed E-state index contributed by atoms with van der Waals surface area (Å²) < 4.78 is 3.40. The lowest BCUT2D eigenvalue weighted by atomic mass is 10.4. The van der Waals surface area contributed by atoms with Gasteiger partial charge in [0.15, 0.2) is 11.5 Å². The summed E-state index contributed by atoms with van der Waals surface area (Å²) in [5.74, 6) is 0.773. The Kier molecular flexibility index (Phi) is 2.97. The van der Waals surface area contributed by atoms with Crippen molar-refractivity contribution in [1.29, 1.82) is 0 Å². The van der Waals surface area contributed by atoms with E-state index in [2.05, 4.69) is 36.0 Å². The summed E-state index contributed by atoms with van der Waals surface area (Å²) in [5.41, 5.74) is 6.30. The zero-order chi connectivity index (χ0) is 14.3. The highest BCUT2D eigenvalue weighted by molar-refractivity contribution is 9.10. The van der Waals surface area contributed by atoms with Crippen molar-refractivity contribution in [3.8, 4) is 0 Å². The number of nitrogens with zero attached hydrogens (tertiary/aromatic N) is 6. The number of halogens is 1. The van der Waals surface area contributed by atoms with Gasteiger partial charge in [0.05, 0.1) is 24.5 Å². The molecule has 0 aromatic carbocycles. The van der Waals surface area contributed by atoms with E-state index in [0.29, 0.717) is 27.1 Å². The summed E-state index contributed by atoms with van der Waals surface area (Å²) in [5, 5.41) is 4.77. The second kappa shape index (κ2) is 4.67. The molecule has 0 radical (unpaired) electrons. The second-order valence-electron chi connectivity index (χ2n) is 4.21. The zero-order valence-electron chi connectivity index (χ0n) is 10.5. The summed E-state index contributed by atoms with van der Waals surface area (Å²) in [4.78, 5) is 24.4. The van der Waals surface area contributed by atoms with Gasteiger partial charge in [-0.1, -0.05) is 0 Å². The summed E-state index contributed by atoms with van der Waals surface area (Å²) in [6.45, 7) is 0.191. The van der Waals surface area contributed by atoms with E-state index in [9.17, 15) is 4.79 Å². The third-order valence-electron chi connectivity index (χ3n) is 2.84. The van der Waals surface area contributed by atoms with E-state index in [1.807, 2.05) is 0 Å². The van der Waals surface area contributed by atoms with Gasteiger partial charge in [0.2, 0.25) is 0 Å². The van der Waals surface area contributed by atoms with E-state index in [1.165, 1.54) is 17.1 Å². The van der Waals surface area contributed by atoms with E-state index in [0.717, 1.165) is 0 Å². The molecule has 0 atom stereocenters. The Bertz CT molecular complexity index is 854. The minimum absolute atomic E-state index is 0.191. The number of rotatable bonds is 2. The molecule has 0 aliphatic carbocycles. The van der Waals surface area contributed by atoms with Crippen LogP contribution >= 0.6 is 15.9 Å². The van der Waals surface area contributed by atoms with Gasteiger partial charge in [-0.05, 0) is 15.9 Å². The van der Waals surface area contributed by atoms with Gasteiger partial charge in [0, 0.05) is 13.2 Å². The molecule has 0 spiro atoms. The van der Waals surface area contributed by atoms with Crippen LogP contribution in [0.2, 0.25) is 0 Å². The first-order valence-corrected chi connectivity index (χ1v) is 6.49. The Labute approximate surface area is 121 Å². The molecule has 0 aliphatic rings. The third kappa shape index (κ3) is 2.05. The standard InChI is InChI=1S/C11H10BrN7O/c1-18-10-6(2-15-18)9(13)16-8(17-10)4-19-5-14-3-7(12)11(19)20/h2-3,5H,4H2,1H3,(H2,13,16,17). The van der Waals surface area contributed by atoms with Crippen LogP contribution in [0.25, 0.3) is 11.0 Å². The third-order valence-corrected chi connectivity index (χ3v) is 3.38. The Morgan fingerprint density at radius 1 is 1.35 bits per heavy atom. The van der Waals surface area contributed by atoms with Crippen molar-refractivity contribution in [3.05, 3.63) is 39.4 Å². The van der Waals surface area contributed by atoms with Crippen LogP contribution in [0.1, 0.15) is 5.82 Å². The predicted molar refractivity (Wildman–Crippen MR) is 76.0 cm³/mol. The number of hydrogen-bond donors (Lipinski definition) is 1. The predicted octanol–water partition coefficient (Wildman–Crippen LogP) is 0.313. The number of aromatic nitrogens is 6. The molecule has 0 saturated carbocycles. The van der Waals surface area contributed by atoms with Crippen LogP contribution in [0.15, 0.2) is 28.0 Å². The highest BCUT2D eigenvalue weighted by atomic mass is 79.9. The van der Waals surface area contributed by atoms with Crippen molar-refractivity contribution < 1.29 is 0 Å². The zero-order valence-corrected chi connectivity index (χ0v) is 12.1. The molecule has 3 heterocycles.